The van der Waals surface area contributed by atoms with E-state index in [-0.39, 0.29) is 17.2 Å². The largest absolute Gasteiger partial charge is 0.381 e. The highest BCUT2D eigenvalue weighted by Gasteiger charge is 2.46. The SMILES string of the molecule is CCC(C)(C(NN)C1CCOC2(CCOCC2)C1)N(C)C. The van der Waals surface area contributed by atoms with Crippen molar-refractivity contribution in [2.45, 2.75) is 63.1 Å². The summed E-state index contributed by atoms with van der Waals surface area (Å²) in [7, 11) is 4.30. The number of likely N-dealkylation sites (N-methyl/N-ethyl adjacent to an activating group) is 1. The third kappa shape index (κ3) is 3.42. The molecule has 3 unspecified atom stereocenters. The second-order valence-corrected chi connectivity index (χ2v) is 7.15. The van der Waals surface area contributed by atoms with E-state index in [0.29, 0.717) is 5.92 Å². The minimum atomic E-state index is 0.0250. The van der Waals surface area contributed by atoms with Gasteiger partial charge in [0.1, 0.15) is 0 Å². The molecule has 1 spiro atoms. The molecule has 0 aromatic carbocycles. The van der Waals surface area contributed by atoms with Crippen LogP contribution in [0.25, 0.3) is 0 Å². The maximum atomic E-state index is 6.18. The van der Waals surface area contributed by atoms with Crippen molar-refractivity contribution in [1.82, 2.24) is 10.3 Å². The normalized spacial score (nSPS) is 30.3. The lowest BCUT2D eigenvalue weighted by Crippen LogP contribution is -2.63. The van der Waals surface area contributed by atoms with Crippen LogP contribution in [-0.4, -0.2) is 56.0 Å². The lowest BCUT2D eigenvalue weighted by atomic mass is 9.71. The minimum Gasteiger partial charge on any atom is -0.381 e. The van der Waals surface area contributed by atoms with Crippen molar-refractivity contribution in [2.75, 3.05) is 33.9 Å². The number of hydrazine groups is 1. The van der Waals surface area contributed by atoms with Crippen molar-refractivity contribution in [2.24, 2.45) is 11.8 Å². The molecule has 2 aliphatic heterocycles. The number of hydrogen-bond donors (Lipinski definition) is 2. The van der Waals surface area contributed by atoms with Crippen molar-refractivity contribution < 1.29 is 9.47 Å². The monoisotopic (exact) mass is 299 g/mol. The Kier molecular flexibility index (Phi) is 5.65. The molecule has 0 aromatic heterocycles. The second kappa shape index (κ2) is 6.92. The summed E-state index contributed by atoms with van der Waals surface area (Å²) in [4.78, 5) is 2.31. The highest BCUT2D eigenvalue weighted by Crippen LogP contribution is 2.41. The molecule has 124 valence electrons. The third-order valence-corrected chi connectivity index (χ3v) is 5.99. The minimum absolute atomic E-state index is 0.0250. The van der Waals surface area contributed by atoms with Gasteiger partial charge in [-0.2, -0.15) is 0 Å². The molecule has 0 bridgehead atoms. The van der Waals surface area contributed by atoms with E-state index in [4.69, 9.17) is 15.3 Å². The van der Waals surface area contributed by atoms with Crippen LogP contribution in [0.5, 0.6) is 0 Å². The van der Waals surface area contributed by atoms with Gasteiger partial charge in [0.05, 0.1) is 5.60 Å². The zero-order chi connectivity index (χ0) is 15.5. The summed E-state index contributed by atoms with van der Waals surface area (Å²) in [6.45, 7) is 7.05. The summed E-state index contributed by atoms with van der Waals surface area (Å²) in [5, 5.41) is 0. The van der Waals surface area contributed by atoms with Crippen LogP contribution in [0, 0.1) is 5.92 Å². The molecule has 2 fully saturated rings. The van der Waals surface area contributed by atoms with Crippen LogP contribution < -0.4 is 11.3 Å². The van der Waals surface area contributed by atoms with Crippen LogP contribution in [0.2, 0.25) is 0 Å². The predicted octanol–water partition coefficient (Wildman–Crippen LogP) is 1.52. The van der Waals surface area contributed by atoms with Gasteiger partial charge in [0.15, 0.2) is 0 Å². The van der Waals surface area contributed by atoms with E-state index in [0.717, 1.165) is 51.9 Å². The summed E-state index contributed by atoms with van der Waals surface area (Å²) in [5.74, 6) is 6.53. The molecule has 0 aliphatic carbocycles. The van der Waals surface area contributed by atoms with Crippen LogP contribution in [-0.2, 0) is 9.47 Å². The number of ether oxygens (including phenoxy) is 2. The molecule has 2 rings (SSSR count). The van der Waals surface area contributed by atoms with Crippen LogP contribution in [0.15, 0.2) is 0 Å². The van der Waals surface area contributed by atoms with Crippen molar-refractivity contribution in [3.05, 3.63) is 0 Å². The Balaban J connectivity index is 2.14. The quantitative estimate of drug-likeness (QED) is 0.595. The van der Waals surface area contributed by atoms with Gasteiger partial charge in [0.25, 0.3) is 0 Å². The molecular formula is C16H33N3O2. The van der Waals surface area contributed by atoms with Gasteiger partial charge < -0.3 is 14.4 Å². The van der Waals surface area contributed by atoms with Gasteiger partial charge in [-0.05, 0) is 59.0 Å². The standard InChI is InChI=1S/C16H33N3O2/c1-5-15(2,19(3)4)14(18-17)13-6-9-21-16(12-13)7-10-20-11-8-16/h13-14,18H,5-12,17H2,1-4H3. The number of rotatable bonds is 5. The average Bonchev–Trinajstić information content (AvgIpc) is 2.48. The van der Waals surface area contributed by atoms with Crippen molar-refractivity contribution in [3.8, 4) is 0 Å². The number of nitrogens with two attached hydrogens (primary N) is 1. The summed E-state index contributed by atoms with van der Waals surface area (Å²) < 4.78 is 11.7. The molecule has 3 atom stereocenters. The van der Waals surface area contributed by atoms with Gasteiger partial charge in [-0.15, -0.1) is 0 Å². The molecule has 2 heterocycles. The Morgan fingerprint density at radius 3 is 2.52 bits per heavy atom. The zero-order valence-corrected chi connectivity index (χ0v) is 14.2. The summed E-state index contributed by atoms with van der Waals surface area (Å²) in [5.41, 5.74) is 3.22. The van der Waals surface area contributed by atoms with E-state index in [1.807, 2.05) is 0 Å². The second-order valence-electron chi connectivity index (χ2n) is 7.15. The molecular weight excluding hydrogens is 266 g/mol. The molecule has 0 aromatic rings. The molecule has 0 saturated carbocycles. The van der Waals surface area contributed by atoms with E-state index in [1.54, 1.807) is 0 Å². The smallest absolute Gasteiger partial charge is 0.0729 e. The van der Waals surface area contributed by atoms with Gasteiger partial charge in [0, 0.05) is 31.4 Å². The first-order valence-electron chi connectivity index (χ1n) is 8.33. The molecule has 0 amide bonds. The summed E-state index contributed by atoms with van der Waals surface area (Å²) in [6, 6.07) is 0.279. The van der Waals surface area contributed by atoms with E-state index in [9.17, 15) is 0 Å². The molecule has 21 heavy (non-hydrogen) atoms. The fourth-order valence-corrected chi connectivity index (χ4v) is 4.08. The van der Waals surface area contributed by atoms with E-state index < -0.39 is 0 Å². The lowest BCUT2D eigenvalue weighted by Gasteiger charge is -2.51. The molecule has 5 nitrogen and oxygen atoms in total. The first-order valence-corrected chi connectivity index (χ1v) is 8.33. The van der Waals surface area contributed by atoms with Gasteiger partial charge in [-0.1, -0.05) is 6.92 Å². The fourth-order valence-electron chi connectivity index (χ4n) is 4.08. The molecule has 5 heteroatoms. The zero-order valence-electron chi connectivity index (χ0n) is 14.2. The maximum Gasteiger partial charge on any atom is 0.0729 e. The third-order valence-electron chi connectivity index (χ3n) is 5.99. The van der Waals surface area contributed by atoms with Crippen molar-refractivity contribution >= 4 is 0 Å². The first-order chi connectivity index (χ1) is 9.97. The lowest BCUT2D eigenvalue weighted by molar-refractivity contribution is -0.154. The Bertz CT molecular complexity index is 326. The Labute approximate surface area is 129 Å². The number of nitrogens with one attached hydrogen (secondary N) is 1. The van der Waals surface area contributed by atoms with Crippen LogP contribution in [0.3, 0.4) is 0 Å². The summed E-state index contributed by atoms with van der Waals surface area (Å²) in [6.07, 6.45) is 5.29. The van der Waals surface area contributed by atoms with E-state index in [1.165, 1.54) is 0 Å². The maximum absolute atomic E-state index is 6.18. The van der Waals surface area contributed by atoms with Crippen molar-refractivity contribution in [3.63, 3.8) is 0 Å². The number of hydrogen-bond acceptors (Lipinski definition) is 5. The van der Waals surface area contributed by atoms with Gasteiger partial charge >= 0.3 is 0 Å². The van der Waals surface area contributed by atoms with E-state index in [2.05, 4.69) is 38.3 Å². The molecule has 0 radical (unpaired) electrons. The average molecular weight is 299 g/mol. The Morgan fingerprint density at radius 1 is 1.33 bits per heavy atom. The van der Waals surface area contributed by atoms with Crippen LogP contribution in [0.4, 0.5) is 0 Å². The number of nitrogens with zero attached hydrogens (tertiary/aromatic N) is 1. The molecule has 2 saturated heterocycles. The predicted molar refractivity (Wildman–Crippen MR) is 85.0 cm³/mol. The highest BCUT2D eigenvalue weighted by atomic mass is 16.5. The molecule has 3 N–H and O–H groups in total. The van der Waals surface area contributed by atoms with Gasteiger partial charge in [-0.25, -0.2) is 0 Å². The molecule has 2 aliphatic rings. The highest BCUT2D eigenvalue weighted by molar-refractivity contribution is 5.01. The van der Waals surface area contributed by atoms with E-state index >= 15 is 0 Å². The van der Waals surface area contributed by atoms with Gasteiger partial charge in [-0.3, -0.25) is 11.3 Å². The Morgan fingerprint density at radius 2 is 2.00 bits per heavy atom. The topological polar surface area (TPSA) is 59.8 Å². The van der Waals surface area contributed by atoms with Crippen LogP contribution in [0.1, 0.15) is 46.0 Å². The van der Waals surface area contributed by atoms with Crippen molar-refractivity contribution in [1.29, 1.82) is 0 Å². The Hall–Kier alpha value is -0.200. The first kappa shape index (κ1) is 17.2. The van der Waals surface area contributed by atoms with Gasteiger partial charge in [0.2, 0.25) is 0 Å². The summed E-state index contributed by atoms with van der Waals surface area (Å²) >= 11 is 0. The fraction of sp³-hybridized carbons (Fsp3) is 1.00. The van der Waals surface area contributed by atoms with Crippen LogP contribution >= 0.6 is 0 Å².